The predicted molar refractivity (Wildman–Crippen MR) is 77.0 cm³/mol. The Hall–Kier alpha value is -2.49. The summed E-state index contributed by atoms with van der Waals surface area (Å²) in [6.45, 7) is 3.83. The average molecular weight is 269 g/mol. The number of carbonyl (C=O) groups is 1. The summed E-state index contributed by atoms with van der Waals surface area (Å²) in [5, 5.41) is 10.6. The normalized spacial score (nSPS) is 10.3. The minimum atomic E-state index is -0.447. The van der Waals surface area contributed by atoms with Crippen molar-refractivity contribution in [1.82, 2.24) is 0 Å². The van der Waals surface area contributed by atoms with Crippen molar-refractivity contribution in [3.63, 3.8) is 0 Å². The lowest BCUT2D eigenvalue weighted by Crippen LogP contribution is -2.07. The van der Waals surface area contributed by atoms with Gasteiger partial charge in [-0.05, 0) is 30.5 Å². The molecule has 0 N–H and O–H groups in total. The van der Waals surface area contributed by atoms with Crippen molar-refractivity contribution in [3.8, 4) is 0 Å². The first kappa shape index (κ1) is 13.9. The van der Waals surface area contributed by atoms with E-state index in [9.17, 15) is 14.9 Å². The van der Waals surface area contributed by atoms with Gasteiger partial charge in [0, 0.05) is 24.1 Å². The highest BCUT2D eigenvalue weighted by molar-refractivity contribution is 6.00. The number of rotatable bonds is 4. The third kappa shape index (κ3) is 2.91. The molecule has 2 aromatic carbocycles. The molecule has 4 nitrogen and oxygen atoms in total. The molecule has 0 spiro atoms. The second-order valence-electron chi connectivity index (χ2n) is 4.79. The predicted octanol–water partition coefficient (Wildman–Crippen LogP) is 3.64. The van der Waals surface area contributed by atoms with Crippen LogP contribution in [0.25, 0.3) is 0 Å². The largest absolute Gasteiger partial charge is 0.294 e. The van der Waals surface area contributed by atoms with Crippen LogP contribution in [-0.2, 0) is 6.42 Å². The number of nitrogens with zero attached hydrogens (tertiary/aromatic N) is 1. The minimum absolute atomic E-state index is 0.0354. The van der Waals surface area contributed by atoms with Crippen LogP contribution in [0.15, 0.2) is 42.5 Å². The van der Waals surface area contributed by atoms with E-state index in [0.29, 0.717) is 0 Å². The van der Waals surface area contributed by atoms with E-state index in [1.807, 2.05) is 32.0 Å². The van der Waals surface area contributed by atoms with Crippen molar-refractivity contribution >= 4 is 11.5 Å². The van der Waals surface area contributed by atoms with Crippen molar-refractivity contribution in [3.05, 3.63) is 74.8 Å². The van der Waals surface area contributed by atoms with Crippen LogP contribution in [0.4, 0.5) is 5.69 Å². The molecular weight excluding hydrogens is 254 g/mol. The number of non-ortho nitro benzene ring substituents is 1. The van der Waals surface area contributed by atoms with Crippen molar-refractivity contribution in [2.24, 2.45) is 0 Å². The first-order valence-corrected chi connectivity index (χ1v) is 6.32. The molecule has 2 aromatic rings. The molecule has 0 aliphatic heterocycles. The second-order valence-corrected chi connectivity index (χ2v) is 4.79. The summed E-state index contributed by atoms with van der Waals surface area (Å²) in [4.78, 5) is 22.5. The Bertz CT molecular complexity index is 640. The molecule has 4 heteroatoms. The number of benzene rings is 2. The van der Waals surface area contributed by atoms with E-state index >= 15 is 0 Å². The third-order valence-electron chi connectivity index (χ3n) is 3.27. The van der Waals surface area contributed by atoms with Gasteiger partial charge in [0.15, 0.2) is 5.78 Å². The Morgan fingerprint density at radius 1 is 1.05 bits per heavy atom. The molecule has 0 radical (unpaired) electrons. The van der Waals surface area contributed by atoms with E-state index < -0.39 is 4.92 Å². The van der Waals surface area contributed by atoms with Crippen molar-refractivity contribution in [1.29, 1.82) is 0 Å². The fourth-order valence-corrected chi connectivity index (χ4v) is 2.26. The molecule has 0 saturated heterocycles. The van der Waals surface area contributed by atoms with Gasteiger partial charge in [-0.3, -0.25) is 14.9 Å². The number of aryl methyl sites for hydroxylation is 2. The zero-order valence-electron chi connectivity index (χ0n) is 11.4. The minimum Gasteiger partial charge on any atom is -0.294 e. The Labute approximate surface area is 117 Å². The Morgan fingerprint density at radius 3 is 2.10 bits per heavy atom. The summed E-state index contributed by atoms with van der Waals surface area (Å²) >= 11 is 0. The van der Waals surface area contributed by atoms with Gasteiger partial charge in [-0.2, -0.15) is 0 Å². The van der Waals surface area contributed by atoms with E-state index in [-0.39, 0.29) is 17.9 Å². The van der Waals surface area contributed by atoms with E-state index in [4.69, 9.17) is 0 Å². The van der Waals surface area contributed by atoms with E-state index in [2.05, 4.69) is 0 Å². The lowest BCUT2D eigenvalue weighted by molar-refractivity contribution is -0.384. The molecule has 0 aliphatic carbocycles. The Balaban J connectivity index is 2.21. The zero-order chi connectivity index (χ0) is 14.7. The molecule has 0 amide bonds. The lowest BCUT2D eigenvalue weighted by Gasteiger charge is -2.08. The van der Waals surface area contributed by atoms with Crippen LogP contribution in [0.5, 0.6) is 0 Å². The molecule has 0 atom stereocenters. The van der Waals surface area contributed by atoms with Crippen molar-refractivity contribution < 1.29 is 9.72 Å². The average Bonchev–Trinajstić information content (AvgIpc) is 2.39. The maximum absolute atomic E-state index is 12.3. The van der Waals surface area contributed by atoms with Gasteiger partial charge in [0.05, 0.1) is 4.92 Å². The number of ketones is 1. The van der Waals surface area contributed by atoms with E-state index in [1.54, 1.807) is 12.1 Å². The molecule has 20 heavy (non-hydrogen) atoms. The SMILES string of the molecule is Cc1cccc(C)c1C(=O)Cc1ccc([N+](=O)[O-])cc1. The number of hydrogen-bond donors (Lipinski definition) is 0. The van der Waals surface area contributed by atoms with Crippen LogP contribution in [0, 0.1) is 24.0 Å². The van der Waals surface area contributed by atoms with Crippen molar-refractivity contribution in [2.45, 2.75) is 20.3 Å². The number of nitro benzene ring substituents is 1. The molecule has 0 aliphatic rings. The quantitative estimate of drug-likeness (QED) is 0.483. The second kappa shape index (κ2) is 5.65. The van der Waals surface area contributed by atoms with E-state index in [0.717, 1.165) is 22.3 Å². The molecule has 0 aromatic heterocycles. The molecule has 0 fully saturated rings. The van der Waals surface area contributed by atoms with Gasteiger partial charge >= 0.3 is 0 Å². The highest BCUT2D eigenvalue weighted by Crippen LogP contribution is 2.18. The summed E-state index contributed by atoms with van der Waals surface area (Å²) in [6, 6.07) is 11.9. The van der Waals surface area contributed by atoms with Crippen molar-refractivity contribution in [2.75, 3.05) is 0 Å². The summed E-state index contributed by atoms with van der Waals surface area (Å²) in [5.74, 6) is 0.0365. The topological polar surface area (TPSA) is 60.2 Å². The molecule has 0 bridgehead atoms. The number of nitro groups is 1. The van der Waals surface area contributed by atoms with Gasteiger partial charge in [-0.1, -0.05) is 30.3 Å². The van der Waals surface area contributed by atoms with Crippen LogP contribution in [0.1, 0.15) is 27.0 Å². The molecule has 102 valence electrons. The first-order valence-electron chi connectivity index (χ1n) is 6.32. The highest BCUT2D eigenvalue weighted by atomic mass is 16.6. The van der Waals surface area contributed by atoms with Crippen LogP contribution in [0.3, 0.4) is 0 Å². The Kier molecular flexibility index (Phi) is 3.94. The lowest BCUT2D eigenvalue weighted by atomic mass is 9.95. The molecular formula is C16H15NO3. The zero-order valence-corrected chi connectivity index (χ0v) is 11.4. The summed E-state index contributed by atoms with van der Waals surface area (Å²) in [5.41, 5.74) is 3.47. The summed E-state index contributed by atoms with van der Waals surface area (Å²) < 4.78 is 0. The van der Waals surface area contributed by atoms with Gasteiger partial charge in [-0.15, -0.1) is 0 Å². The fraction of sp³-hybridized carbons (Fsp3) is 0.188. The molecule has 2 rings (SSSR count). The Morgan fingerprint density at radius 2 is 1.60 bits per heavy atom. The fourth-order valence-electron chi connectivity index (χ4n) is 2.26. The monoisotopic (exact) mass is 269 g/mol. The first-order chi connectivity index (χ1) is 9.49. The smallest absolute Gasteiger partial charge is 0.269 e. The number of carbonyl (C=O) groups excluding carboxylic acids is 1. The van der Waals surface area contributed by atoms with Crippen LogP contribution in [0.2, 0.25) is 0 Å². The van der Waals surface area contributed by atoms with Gasteiger partial charge < -0.3 is 0 Å². The maximum Gasteiger partial charge on any atom is 0.269 e. The van der Waals surface area contributed by atoms with Crippen LogP contribution in [-0.4, -0.2) is 10.7 Å². The third-order valence-corrected chi connectivity index (χ3v) is 3.27. The maximum atomic E-state index is 12.3. The standard InChI is InChI=1S/C16H15NO3/c1-11-4-3-5-12(2)16(11)15(18)10-13-6-8-14(9-7-13)17(19)20/h3-9H,10H2,1-2H3. The summed E-state index contributed by atoms with van der Waals surface area (Å²) in [7, 11) is 0. The van der Waals surface area contributed by atoms with Crippen LogP contribution < -0.4 is 0 Å². The molecule has 0 unspecified atom stereocenters. The highest BCUT2D eigenvalue weighted by Gasteiger charge is 2.13. The molecule has 0 saturated carbocycles. The summed E-state index contributed by atoms with van der Waals surface area (Å²) in [6.07, 6.45) is 0.254. The van der Waals surface area contributed by atoms with Gasteiger partial charge in [0.25, 0.3) is 5.69 Å². The molecule has 0 heterocycles. The van der Waals surface area contributed by atoms with Gasteiger partial charge in [0.2, 0.25) is 0 Å². The van der Waals surface area contributed by atoms with Crippen LogP contribution >= 0.6 is 0 Å². The van der Waals surface area contributed by atoms with Gasteiger partial charge in [-0.25, -0.2) is 0 Å². The van der Waals surface area contributed by atoms with E-state index in [1.165, 1.54) is 12.1 Å². The number of hydrogen-bond acceptors (Lipinski definition) is 3. The number of Topliss-reactive ketones (excluding diaryl/α,β-unsaturated/α-hetero) is 1. The van der Waals surface area contributed by atoms with Gasteiger partial charge in [0.1, 0.15) is 0 Å².